The van der Waals surface area contributed by atoms with E-state index in [0.717, 1.165) is 44.3 Å². The molecule has 0 spiro atoms. The highest BCUT2D eigenvalue weighted by Crippen LogP contribution is 2.30. The van der Waals surface area contributed by atoms with E-state index in [1.165, 1.54) is 16.6 Å². The summed E-state index contributed by atoms with van der Waals surface area (Å²) in [6.07, 6.45) is 8.37. The molecule has 6 heteroatoms. The van der Waals surface area contributed by atoms with Crippen molar-refractivity contribution in [1.82, 2.24) is 9.88 Å². The summed E-state index contributed by atoms with van der Waals surface area (Å²) in [5.74, 6) is -0.179. The number of aromatic hydroxyl groups is 2. The Labute approximate surface area is 152 Å². The first-order valence-corrected chi connectivity index (χ1v) is 9.55. The van der Waals surface area contributed by atoms with Crippen molar-refractivity contribution in [3.05, 3.63) is 40.4 Å². The van der Waals surface area contributed by atoms with E-state index in [1.807, 2.05) is 6.08 Å². The molecule has 1 aromatic heterocycles. The lowest BCUT2D eigenvalue weighted by molar-refractivity contribution is 0.200. The van der Waals surface area contributed by atoms with Gasteiger partial charge in [0.2, 0.25) is 0 Å². The van der Waals surface area contributed by atoms with Gasteiger partial charge >= 0.3 is 0 Å². The van der Waals surface area contributed by atoms with E-state index in [9.17, 15) is 10.2 Å². The van der Waals surface area contributed by atoms with Gasteiger partial charge in [-0.25, -0.2) is 4.98 Å². The Morgan fingerprint density at radius 3 is 2.96 bits per heavy atom. The number of aromatic nitrogens is 1. The fourth-order valence-corrected chi connectivity index (χ4v) is 4.32. The number of nitrogen functional groups attached to an aromatic ring is 1. The van der Waals surface area contributed by atoms with Gasteiger partial charge in [-0.3, -0.25) is 4.90 Å². The number of nitrogens with two attached hydrogens (primary N) is 1. The number of phenols is 2. The molecule has 1 unspecified atom stereocenters. The maximum Gasteiger partial charge on any atom is 0.180 e. The third-order valence-corrected chi connectivity index (χ3v) is 5.56. The Morgan fingerprint density at radius 2 is 2.20 bits per heavy atom. The van der Waals surface area contributed by atoms with Crippen LogP contribution in [0.25, 0.3) is 6.08 Å². The zero-order valence-corrected chi connectivity index (χ0v) is 15.3. The van der Waals surface area contributed by atoms with Crippen molar-refractivity contribution in [2.24, 2.45) is 0 Å². The first kappa shape index (κ1) is 17.8. The normalized spacial score (nSPS) is 17.3. The number of hydrogen-bond acceptors (Lipinski definition) is 6. The van der Waals surface area contributed by atoms with Crippen LogP contribution in [0.4, 0.5) is 5.13 Å². The summed E-state index contributed by atoms with van der Waals surface area (Å²) in [5.41, 5.74) is 7.92. The van der Waals surface area contributed by atoms with Crippen molar-refractivity contribution in [2.45, 2.75) is 38.6 Å². The number of anilines is 1. The second kappa shape index (κ2) is 7.89. The minimum Gasteiger partial charge on any atom is -0.504 e. The number of phenolic OH excluding ortho intramolecular Hbond substituents is 2. The van der Waals surface area contributed by atoms with Gasteiger partial charge in [-0.1, -0.05) is 25.1 Å². The van der Waals surface area contributed by atoms with Gasteiger partial charge in [0, 0.05) is 17.5 Å². The van der Waals surface area contributed by atoms with Crippen LogP contribution in [0, 0.1) is 0 Å². The number of benzene rings is 1. The van der Waals surface area contributed by atoms with Crippen LogP contribution in [0.2, 0.25) is 0 Å². The van der Waals surface area contributed by atoms with Crippen molar-refractivity contribution < 1.29 is 10.2 Å². The summed E-state index contributed by atoms with van der Waals surface area (Å²) in [7, 11) is 0. The average Bonchev–Trinajstić information content (AvgIpc) is 2.96. The second-order valence-corrected chi connectivity index (χ2v) is 7.58. The fourth-order valence-electron chi connectivity index (χ4n) is 3.37. The standard InChI is InChI=1S/C19H25N3O2S/c1-2-9-22(10-3-4-13-5-8-16(23)17(24)11-13)14-6-7-15-18(12-14)25-19(20)21-15/h3-5,8,11,14,23-24H,2,6-7,9-10,12H2,1H3,(H2,20,21)/b4-3+. The van der Waals surface area contributed by atoms with Crippen LogP contribution in [0.5, 0.6) is 11.5 Å². The third-order valence-electron chi connectivity index (χ3n) is 4.61. The van der Waals surface area contributed by atoms with E-state index >= 15 is 0 Å². The number of fused-ring (bicyclic) bond motifs is 1. The molecule has 4 N–H and O–H groups in total. The molecule has 134 valence electrons. The molecule has 0 radical (unpaired) electrons. The van der Waals surface area contributed by atoms with E-state index < -0.39 is 0 Å². The van der Waals surface area contributed by atoms with E-state index in [-0.39, 0.29) is 11.5 Å². The number of nitrogens with zero attached hydrogens (tertiary/aromatic N) is 2. The van der Waals surface area contributed by atoms with Crippen LogP contribution in [0.3, 0.4) is 0 Å². The minimum absolute atomic E-state index is 0.0878. The average molecular weight is 359 g/mol. The maximum absolute atomic E-state index is 9.58. The van der Waals surface area contributed by atoms with Gasteiger partial charge in [0.15, 0.2) is 16.6 Å². The number of hydrogen-bond donors (Lipinski definition) is 3. The molecule has 0 amide bonds. The largest absolute Gasteiger partial charge is 0.504 e. The monoisotopic (exact) mass is 359 g/mol. The van der Waals surface area contributed by atoms with Gasteiger partial charge in [0.1, 0.15) is 0 Å². The van der Waals surface area contributed by atoms with Crippen LogP contribution in [0.1, 0.15) is 35.9 Å². The van der Waals surface area contributed by atoms with E-state index in [2.05, 4.69) is 22.9 Å². The van der Waals surface area contributed by atoms with E-state index in [1.54, 1.807) is 23.5 Å². The Balaban J connectivity index is 1.65. The summed E-state index contributed by atoms with van der Waals surface area (Å²) >= 11 is 1.62. The molecule has 1 atom stereocenters. The predicted molar refractivity (Wildman–Crippen MR) is 103 cm³/mol. The van der Waals surface area contributed by atoms with Crippen molar-refractivity contribution in [2.75, 3.05) is 18.8 Å². The van der Waals surface area contributed by atoms with Crippen molar-refractivity contribution >= 4 is 22.5 Å². The Bertz CT molecular complexity index is 757. The molecule has 1 aromatic carbocycles. The van der Waals surface area contributed by atoms with Gasteiger partial charge in [-0.15, -0.1) is 11.3 Å². The Morgan fingerprint density at radius 1 is 1.36 bits per heavy atom. The van der Waals surface area contributed by atoms with Crippen LogP contribution in [-0.2, 0) is 12.8 Å². The molecule has 3 rings (SSSR count). The van der Waals surface area contributed by atoms with Crippen LogP contribution >= 0.6 is 11.3 Å². The smallest absolute Gasteiger partial charge is 0.180 e. The lowest BCUT2D eigenvalue weighted by Gasteiger charge is -2.33. The van der Waals surface area contributed by atoms with Crippen molar-refractivity contribution in [1.29, 1.82) is 0 Å². The summed E-state index contributed by atoms with van der Waals surface area (Å²) < 4.78 is 0. The highest BCUT2D eigenvalue weighted by atomic mass is 32.1. The van der Waals surface area contributed by atoms with E-state index in [0.29, 0.717) is 11.2 Å². The quantitative estimate of drug-likeness (QED) is 0.689. The van der Waals surface area contributed by atoms with Crippen LogP contribution in [0.15, 0.2) is 24.3 Å². The van der Waals surface area contributed by atoms with Gasteiger partial charge in [-0.05, 0) is 49.9 Å². The maximum atomic E-state index is 9.58. The molecule has 0 saturated heterocycles. The molecule has 0 saturated carbocycles. The molecule has 0 aliphatic heterocycles. The SMILES string of the molecule is CCCN(C/C=C/c1ccc(O)c(O)c1)C1CCc2nc(N)sc2C1. The van der Waals surface area contributed by atoms with Gasteiger partial charge in [-0.2, -0.15) is 0 Å². The van der Waals surface area contributed by atoms with Gasteiger partial charge in [0.05, 0.1) is 5.69 Å². The number of rotatable bonds is 6. The Kier molecular flexibility index (Phi) is 5.60. The van der Waals surface area contributed by atoms with E-state index in [4.69, 9.17) is 5.73 Å². The molecule has 1 aliphatic rings. The van der Waals surface area contributed by atoms with Gasteiger partial charge < -0.3 is 15.9 Å². The molecule has 2 aromatic rings. The summed E-state index contributed by atoms with van der Waals surface area (Å²) in [5, 5.41) is 19.6. The lowest BCUT2D eigenvalue weighted by Crippen LogP contribution is -2.39. The molecule has 5 nitrogen and oxygen atoms in total. The van der Waals surface area contributed by atoms with Gasteiger partial charge in [0.25, 0.3) is 0 Å². The molecule has 25 heavy (non-hydrogen) atoms. The lowest BCUT2D eigenvalue weighted by atomic mass is 9.96. The molecule has 0 fully saturated rings. The molecule has 1 heterocycles. The molecule has 1 aliphatic carbocycles. The molecular formula is C19H25N3O2S. The van der Waals surface area contributed by atoms with Crippen LogP contribution in [-0.4, -0.2) is 39.2 Å². The minimum atomic E-state index is -0.0911. The van der Waals surface area contributed by atoms with Crippen LogP contribution < -0.4 is 5.73 Å². The fraction of sp³-hybridized carbons (Fsp3) is 0.421. The van der Waals surface area contributed by atoms with Crippen molar-refractivity contribution in [3.63, 3.8) is 0 Å². The summed E-state index contributed by atoms with van der Waals surface area (Å²) in [6.45, 7) is 4.12. The molecule has 0 bridgehead atoms. The Hall–Kier alpha value is -2.05. The summed E-state index contributed by atoms with van der Waals surface area (Å²) in [4.78, 5) is 8.27. The zero-order chi connectivity index (χ0) is 17.8. The number of aryl methyl sites for hydroxylation is 1. The number of thiazole rings is 1. The van der Waals surface area contributed by atoms with Crippen molar-refractivity contribution in [3.8, 4) is 11.5 Å². The predicted octanol–water partition coefficient (Wildman–Crippen LogP) is 3.42. The summed E-state index contributed by atoms with van der Waals surface area (Å²) in [6, 6.07) is 5.40. The zero-order valence-electron chi connectivity index (χ0n) is 14.5. The second-order valence-electron chi connectivity index (χ2n) is 6.46. The first-order chi connectivity index (χ1) is 12.1. The highest BCUT2D eigenvalue weighted by molar-refractivity contribution is 7.15. The third kappa shape index (κ3) is 4.32. The topological polar surface area (TPSA) is 82.6 Å². The first-order valence-electron chi connectivity index (χ1n) is 8.73. The molecular weight excluding hydrogens is 334 g/mol. The highest BCUT2D eigenvalue weighted by Gasteiger charge is 2.25.